The third-order valence-corrected chi connectivity index (χ3v) is 5.42. The van der Waals surface area contributed by atoms with Crippen LogP contribution in [0.15, 0.2) is 0 Å². The highest BCUT2D eigenvalue weighted by atomic mass is 16.6. The zero-order valence-corrected chi connectivity index (χ0v) is 15.7. The van der Waals surface area contributed by atoms with Crippen molar-refractivity contribution in [1.82, 2.24) is 10.2 Å². The van der Waals surface area contributed by atoms with E-state index in [0.717, 1.165) is 44.3 Å². The Morgan fingerprint density at radius 1 is 1.17 bits per heavy atom. The van der Waals surface area contributed by atoms with Gasteiger partial charge in [-0.05, 0) is 70.8 Å². The first-order chi connectivity index (χ1) is 10.8. The number of carbonyl (C=O) groups is 1. The van der Waals surface area contributed by atoms with Gasteiger partial charge in [0.05, 0.1) is 0 Å². The van der Waals surface area contributed by atoms with E-state index in [2.05, 4.69) is 19.2 Å². The predicted molar refractivity (Wildman–Crippen MR) is 94.5 cm³/mol. The van der Waals surface area contributed by atoms with Crippen molar-refractivity contribution in [3.05, 3.63) is 0 Å². The monoisotopic (exact) mass is 324 g/mol. The van der Waals surface area contributed by atoms with E-state index >= 15 is 0 Å². The van der Waals surface area contributed by atoms with Crippen LogP contribution in [0.1, 0.15) is 66.7 Å². The molecule has 1 aliphatic carbocycles. The van der Waals surface area contributed by atoms with E-state index in [1.54, 1.807) is 0 Å². The average molecular weight is 325 g/mol. The maximum absolute atomic E-state index is 12.1. The molecular weight excluding hydrogens is 288 g/mol. The number of hydrogen-bond donors (Lipinski definition) is 1. The molecule has 23 heavy (non-hydrogen) atoms. The number of nitrogens with zero attached hydrogens (tertiary/aromatic N) is 1. The van der Waals surface area contributed by atoms with E-state index in [0.29, 0.717) is 12.0 Å². The van der Waals surface area contributed by atoms with Crippen LogP contribution < -0.4 is 5.32 Å². The van der Waals surface area contributed by atoms with Crippen molar-refractivity contribution in [2.75, 3.05) is 19.6 Å². The van der Waals surface area contributed by atoms with E-state index in [9.17, 15) is 4.79 Å². The smallest absolute Gasteiger partial charge is 0.410 e. The molecule has 0 spiro atoms. The summed E-state index contributed by atoms with van der Waals surface area (Å²) in [5.41, 5.74) is -0.399. The molecule has 0 aromatic heterocycles. The van der Waals surface area contributed by atoms with Crippen molar-refractivity contribution in [3.63, 3.8) is 0 Å². The van der Waals surface area contributed by atoms with Gasteiger partial charge in [0.25, 0.3) is 0 Å². The summed E-state index contributed by atoms with van der Waals surface area (Å²) < 4.78 is 5.47. The topological polar surface area (TPSA) is 41.6 Å². The maximum Gasteiger partial charge on any atom is 0.410 e. The summed E-state index contributed by atoms with van der Waals surface area (Å²) in [6.45, 7) is 13.3. The number of nitrogens with one attached hydrogen (secondary N) is 1. The average Bonchev–Trinajstić information content (AvgIpc) is 2.89. The second-order valence-corrected chi connectivity index (χ2v) is 8.74. The van der Waals surface area contributed by atoms with Crippen molar-refractivity contribution in [3.8, 4) is 0 Å². The van der Waals surface area contributed by atoms with Gasteiger partial charge in [0.2, 0.25) is 0 Å². The number of ether oxygens (including phenoxy) is 1. The van der Waals surface area contributed by atoms with Gasteiger partial charge in [0.1, 0.15) is 5.60 Å². The zero-order chi connectivity index (χ0) is 17.0. The number of amides is 1. The largest absolute Gasteiger partial charge is 0.444 e. The molecule has 1 saturated heterocycles. The van der Waals surface area contributed by atoms with Gasteiger partial charge in [-0.15, -0.1) is 0 Å². The summed E-state index contributed by atoms with van der Waals surface area (Å²) in [6, 6.07) is 0.673. The van der Waals surface area contributed by atoms with Gasteiger partial charge in [-0.1, -0.05) is 20.3 Å². The first-order valence-electron chi connectivity index (χ1n) is 9.47. The number of carbonyl (C=O) groups excluding carboxylic acids is 1. The Morgan fingerprint density at radius 2 is 1.83 bits per heavy atom. The Kier molecular flexibility index (Phi) is 6.35. The summed E-state index contributed by atoms with van der Waals surface area (Å²) in [6.07, 6.45) is 6.22. The molecule has 4 heteroatoms. The molecule has 2 fully saturated rings. The Hall–Kier alpha value is -0.770. The zero-order valence-electron chi connectivity index (χ0n) is 15.7. The van der Waals surface area contributed by atoms with Crippen LogP contribution in [0.2, 0.25) is 0 Å². The second kappa shape index (κ2) is 7.87. The molecule has 1 amide bonds. The molecule has 4 nitrogen and oxygen atoms in total. The van der Waals surface area contributed by atoms with E-state index in [-0.39, 0.29) is 6.09 Å². The summed E-state index contributed by atoms with van der Waals surface area (Å²) >= 11 is 0. The summed E-state index contributed by atoms with van der Waals surface area (Å²) in [7, 11) is 0. The maximum atomic E-state index is 12.1. The van der Waals surface area contributed by atoms with E-state index < -0.39 is 5.60 Å². The second-order valence-electron chi connectivity index (χ2n) is 8.74. The van der Waals surface area contributed by atoms with Crippen LogP contribution in [0.25, 0.3) is 0 Å². The van der Waals surface area contributed by atoms with Gasteiger partial charge in [-0.3, -0.25) is 0 Å². The minimum atomic E-state index is -0.399. The van der Waals surface area contributed by atoms with Crippen molar-refractivity contribution < 1.29 is 9.53 Å². The lowest BCUT2D eigenvalue weighted by Gasteiger charge is -2.35. The minimum Gasteiger partial charge on any atom is -0.444 e. The first-order valence-corrected chi connectivity index (χ1v) is 9.47. The number of rotatable bonds is 4. The predicted octanol–water partition coefficient (Wildman–Crippen LogP) is 4.05. The molecule has 1 saturated carbocycles. The quantitative estimate of drug-likeness (QED) is 0.848. The lowest BCUT2D eigenvalue weighted by Crippen LogP contribution is -2.43. The summed E-state index contributed by atoms with van der Waals surface area (Å²) in [5, 5.41) is 3.80. The summed E-state index contributed by atoms with van der Waals surface area (Å²) in [5.74, 6) is 2.20. The van der Waals surface area contributed by atoms with E-state index in [1.165, 1.54) is 19.3 Å². The van der Waals surface area contributed by atoms with Crippen molar-refractivity contribution >= 4 is 6.09 Å². The third kappa shape index (κ3) is 5.66. The Bertz CT molecular complexity index is 381. The lowest BCUT2D eigenvalue weighted by atomic mass is 9.78. The van der Waals surface area contributed by atoms with Crippen LogP contribution in [0.4, 0.5) is 4.79 Å². The fourth-order valence-corrected chi connectivity index (χ4v) is 4.10. The van der Waals surface area contributed by atoms with Gasteiger partial charge in [-0.25, -0.2) is 4.79 Å². The van der Waals surface area contributed by atoms with Crippen LogP contribution in [-0.2, 0) is 4.74 Å². The molecule has 1 heterocycles. The van der Waals surface area contributed by atoms with Gasteiger partial charge >= 0.3 is 6.09 Å². The molecule has 2 rings (SSSR count). The third-order valence-electron chi connectivity index (χ3n) is 5.42. The molecule has 0 radical (unpaired) electrons. The van der Waals surface area contributed by atoms with Crippen LogP contribution in [0, 0.1) is 17.8 Å². The van der Waals surface area contributed by atoms with Gasteiger partial charge in [0, 0.05) is 19.1 Å². The Morgan fingerprint density at radius 3 is 2.43 bits per heavy atom. The van der Waals surface area contributed by atoms with E-state index in [4.69, 9.17) is 4.74 Å². The van der Waals surface area contributed by atoms with Crippen LogP contribution in [0.3, 0.4) is 0 Å². The van der Waals surface area contributed by atoms with Gasteiger partial charge in [0.15, 0.2) is 0 Å². The van der Waals surface area contributed by atoms with Gasteiger partial charge < -0.3 is 15.0 Å². The lowest BCUT2D eigenvalue weighted by molar-refractivity contribution is 0.0287. The fourth-order valence-electron chi connectivity index (χ4n) is 4.10. The molecule has 134 valence electrons. The molecule has 3 atom stereocenters. The first kappa shape index (κ1) is 18.6. The molecule has 0 aromatic carbocycles. The fraction of sp³-hybridized carbons (Fsp3) is 0.947. The molecule has 0 bridgehead atoms. The van der Waals surface area contributed by atoms with Crippen LogP contribution >= 0.6 is 0 Å². The van der Waals surface area contributed by atoms with E-state index in [1.807, 2.05) is 25.7 Å². The van der Waals surface area contributed by atoms with Gasteiger partial charge in [-0.2, -0.15) is 0 Å². The highest BCUT2D eigenvalue weighted by molar-refractivity contribution is 5.68. The molecule has 1 aliphatic heterocycles. The molecule has 3 unspecified atom stereocenters. The minimum absolute atomic E-state index is 0.150. The number of hydrogen-bond acceptors (Lipinski definition) is 3. The SMILES string of the molecule is CC1CCCC(C)C1NCCC1CCN(C(=O)OC(C)(C)C)C1. The van der Waals surface area contributed by atoms with Crippen molar-refractivity contribution in [1.29, 1.82) is 0 Å². The molecule has 0 aromatic rings. The highest BCUT2D eigenvalue weighted by Gasteiger charge is 2.30. The summed E-state index contributed by atoms with van der Waals surface area (Å²) in [4.78, 5) is 14.0. The molecule has 2 aliphatic rings. The molecule has 1 N–H and O–H groups in total. The van der Waals surface area contributed by atoms with Crippen LogP contribution in [-0.4, -0.2) is 42.3 Å². The van der Waals surface area contributed by atoms with Crippen molar-refractivity contribution in [2.45, 2.75) is 78.4 Å². The highest BCUT2D eigenvalue weighted by Crippen LogP contribution is 2.29. The van der Waals surface area contributed by atoms with Crippen molar-refractivity contribution in [2.24, 2.45) is 17.8 Å². The van der Waals surface area contributed by atoms with Crippen LogP contribution in [0.5, 0.6) is 0 Å². The Labute approximate surface area is 142 Å². The normalized spacial score (nSPS) is 32.1. The standard InChI is InChI=1S/C19H36N2O2/c1-14-7-6-8-15(2)17(14)20-11-9-16-10-12-21(13-16)18(22)23-19(3,4)5/h14-17,20H,6-13H2,1-5H3. The molecular formula is C19H36N2O2. The Balaban J connectivity index is 1.68. The number of likely N-dealkylation sites (tertiary alicyclic amines) is 1.